The highest BCUT2D eigenvalue weighted by Crippen LogP contribution is 2.40. The molecule has 0 aromatic rings. The number of ether oxygens (including phenoxy) is 2. The summed E-state index contributed by atoms with van der Waals surface area (Å²) in [6.07, 6.45) is 4.91. The predicted octanol–water partition coefficient (Wildman–Crippen LogP) is 2.47. The monoisotopic (exact) mass is 274 g/mol. The van der Waals surface area contributed by atoms with E-state index < -0.39 is 0 Å². The molecule has 0 amide bonds. The molecule has 0 aromatic heterocycles. The van der Waals surface area contributed by atoms with Gasteiger partial charge in [-0.1, -0.05) is 0 Å². The number of thioether (sulfide) groups is 1. The van der Waals surface area contributed by atoms with Gasteiger partial charge in [0, 0.05) is 19.8 Å². The average molecular weight is 274 g/mol. The minimum Gasteiger partial charge on any atom is -0.393 e. The van der Waals surface area contributed by atoms with Gasteiger partial charge in [-0.15, -0.1) is 0 Å². The Hall–Kier alpha value is 0.230. The van der Waals surface area contributed by atoms with Crippen molar-refractivity contribution in [2.24, 2.45) is 5.92 Å². The molecule has 2 aliphatic rings. The van der Waals surface area contributed by atoms with E-state index in [1.165, 1.54) is 11.5 Å². The van der Waals surface area contributed by atoms with Gasteiger partial charge in [0.2, 0.25) is 0 Å². The van der Waals surface area contributed by atoms with Crippen molar-refractivity contribution >= 4 is 11.8 Å². The van der Waals surface area contributed by atoms with Crippen LogP contribution in [0.2, 0.25) is 0 Å². The van der Waals surface area contributed by atoms with E-state index in [0.717, 1.165) is 45.3 Å². The molecule has 1 spiro atoms. The third kappa shape index (κ3) is 3.86. The van der Waals surface area contributed by atoms with Crippen molar-refractivity contribution in [2.75, 3.05) is 31.3 Å². The van der Waals surface area contributed by atoms with Gasteiger partial charge >= 0.3 is 0 Å². The van der Waals surface area contributed by atoms with Crippen LogP contribution < -0.4 is 0 Å². The lowest BCUT2D eigenvalue weighted by atomic mass is 9.79. The Bertz CT molecular complexity index is 236. The Kier molecular flexibility index (Phi) is 5.80. The quantitative estimate of drug-likeness (QED) is 0.782. The Morgan fingerprint density at radius 2 is 2.22 bits per heavy atom. The van der Waals surface area contributed by atoms with Gasteiger partial charge in [0.15, 0.2) is 0 Å². The Balaban J connectivity index is 1.81. The highest BCUT2D eigenvalue weighted by molar-refractivity contribution is 7.99. The molecule has 3 nitrogen and oxygen atoms in total. The molecule has 1 N–H and O–H groups in total. The molecule has 2 atom stereocenters. The minimum atomic E-state index is -0.216. The van der Waals surface area contributed by atoms with Crippen LogP contribution in [0.5, 0.6) is 0 Å². The molecule has 0 bridgehead atoms. The maximum Gasteiger partial charge on any atom is 0.0701 e. The summed E-state index contributed by atoms with van der Waals surface area (Å²) >= 11 is 2.03. The van der Waals surface area contributed by atoms with Gasteiger partial charge in [0.25, 0.3) is 0 Å². The van der Waals surface area contributed by atoms with E-state index in [1.54, 1.807) is 0 Å². The van der Waals surface area contributed by atoms with Crippen molar-refractivity contribution in [3.05, 3.63) is 0 Å². The number of hydrogen-bond donors (Lipinski definition) is 1. The van der Waals surface area contributed by atoms with Crippen LogP contribution in [-0.4, -0.2) is 48.1 Å². The van der Waals surface area contributed by atoms with Crippen LogP contribution in [0, 0.1) is 5.92 Å². The van der Waals surface area contributed by atoms with E-state index in [9.17, 15) is 5.11 Å². The standard InChI is InChI=1S/C14H26O3S/c1-2-16-7-4-13(15)12-3-8-17-14(11-12)5-9-18-10-6-14/h12-13,15H,2-11H2,1H3. The zero-order chi connectivity index (χ0) is 12.8. The number of rotatable bonds is 5. The molecule has 2 heterocycles. The molecule has 2 aliphatic heterocycles. The number of aliphatic hydroxyl groups is 1. The van der Waals surface area contributed by atoms with Crippen molar-refractivity contribution in [2.45, 2.75) is 50.7 Å². The molecule has 106 valence electrons. The van der Waals surface area contributed by atoms with E-state index in [4.69, 9.17) is 9.47 Å². The van der Waals surface area contributed by atoms with E-state index in [2.05, 4.69) is 0 Å². The van der Waals surface area contributed by atoms with Crippen LogP contribution in [0.1, 0.15) is 39.0 Å². The lowest BCUT2D eigenvalue weighted by Gasteiger charge is -2.44. The largest absolute Gasteiger partial charge is 0.393 e. The molecule has 2 saturated heterocycles. The van der Waals surface area contributed by atoms with Gasteiger partial charge in [0.1, 0.15) is 0 Å². The zero-order valence-corrected chi connectivity index (χ0v) is 12.2. The highest BCUT2D eigenvalue weighted by atomic mass is 32.2. The Morgan fingerprint density at radius 3 is 2.94 bits per heavy atom. The first-order valence-electron chi connectivity index (χ1n) is 7.23. The fraction of sp³-hybridized carbons (Fsp3) is 1.00. The summed E-state index contributed by atoms with van der Waals surface area (Å²) in [6, 6.07) is 0. The van der Waals surface area contributed by atoms with Gasteiger partial charge in [-0.05, 0) is 56.5 Å². The van der Waals surface area contributed by atoms with Crippen molar-refractivity contribution < 1.29 is 14.6 Å². The topological polar surface area (TPSA) is 38.7 Å². The molecule has 2 unspecified atom stereocenters. The fourth-order valence-electron chi connectivity index (χ4n) is 3.07. The third-order valence-electron chi connectivity index (χ3n) is 4.24. The molecular weight excluding hydrogens is 248 g/mol. The molecule has 0 radical (unpaired) electrons. The maximum atomic E-state index is 10.3. The van der Waals surface area contributed by atoms with Gasteiger partial charge in [0.05, 0.1) is 11.7 Å². The summed E-state index contributed by atoms with van der Waals surface area (Å²) in [7, 11) is 0. The van der Waals surface area contributed by atoms with Gasteiger partial charge in [-0.25, -0.2) is 0 Å². The Labute approximate surface area is 115 Å². The molecule has 0 saturated carbocycles. The van der Waals surface area contributed by atoms with Crippen molar-refractivity contribution in [1.29, 1.82) is 0 Å². The van der Waals surface area contributed by atoms with Crippen molar-refractivity contribution in [1.82, 2.24) is 0 Å². The summed E-state index contributed by atoms with van der Waals surface area (Å²) in [4.78, 5) is 0. The molecule has 0 aromatic carbocycles. The molecule has 2 fully saturated rings. The van der Waals surface area contributed by atoms with Crippen LogP contribution in [0.4, 0.5) is 0 Å². The maximum absolute atomic E-state index is 10.3. The highest BCUT2D eigenvalue weighted by Gasteiger charge is 2.40. The van der Waals surface area contributed by atoms with E-state index >= 15 is 0 Å². The average Bonchev–Trinajstić information content (AvgIpc) is 2.40. The molecule has 2 rings (SSSR count). The van der Waals surface area contributed by atoms with Gasteiger partial charge in [-0.3, -0.25) is 0 Å². The Morgan fingerprint density at radius 1 is 1.44 bits per heavy atom. The van der Waals surface area contributed by atoms with E-state index in [0.29, 0.717) is 12.5 Å². The fourth-order valence-corrected chi connectivity index (χ4v) is 4.31. The summed E-state index contributed by atoms with van der Waals surface area (Å²) in [5.41, 5.74) is 0.0841. The summed E-state index contributed by atoms with van der Waals surface area (Å²) in [5.74, 6) is 2.83. The first-order chi connectivity index (χ1) is 8.76. The van der Waals surface area contributed by atoms with Crippen LogP contribution in [0.25, 0.3) is 0 Å². The van der Waals surface area contributed by atoms with Gasteiger partial charge < -0.3 is 14.6 Å². The SMILES string of the molecule is CCOCCC(O)C1CCOC2(CCSCC2)C1. The molecule has 0 aliphatic carbocycles. The van der Waals surface area contributed by atoms with Crippen LogP contribution in [0.15, 0.2) is 0 Å². The second-order valence-electron chi connectivity index (χ2n) is 5.45. The lowest BCUT2D eigenvalue weighted by Crippen LogP contribution is -2.45. The zero-order valence-electron chi connectivity index (χ0n) is 11.4. The van der Waals surface area contributed by atoms with E-state index in [-0.39, 0.29) is 11.7 Å². The number of hydrogen-bond acceptors (Lipinski definition) is 4. The predicted molar refractivity (Wildman–Crippen MR) is 75.1 cm³/mol. The molecule has 18 heavy (non-hydrogen) atoms. The van der Waals surface area contributed by atoms with Crippen molar-refractivity contribution in [3.63, 3.8) is 0 Å². The van der Waals surface area contributed by atoms with Crippen molar-refractivity contribution in [3.8, 4) is 0 Å². The third-order valence-corrected chi connectivity index (χ3v) is 5.23. The first-order valence-corrected chi connectivity index (χ1v) is 8.39. The second kappa shape index (κ2) is 7.13. The van der Waals surface area contributed by atoms with Crippen LogP contribution in [0.3, 0.4) is 0 Å². The molecular formula is C14H26O3S. The van der Waals surface area contributed by atoms with E-state index in [1.807, 2.05) is 18.7 Å². The minimum absolute atomic E-state index is 0.0841. The normalized spacial score (nSPS) is 29.3. The van der Waals surface area contributed by atoms with Crippen LogP contribution >= 0.6 is 11.8 Å². The summed E-state index contributed by atoms with van der Waals surface area (Å²) in [5, 5.41) is 10.3. The van der Waals surface area contributed by atoms with Crippen LogP contribution in [-0.2, 0) is 9.47 Å². The first kappa shape index (κ1) is 14.6. The summed E-state index contributed by atoms with van der Waals surface area (Å²) < 4.78 is 11.4. The smallest absolute Gasteiger partial charge is 0.0701 e. The van der Waals surface area contributed by atoms with Gasteiger partial charge in [-0.2, -0.15) is 11.8 Å². The lowest BCUT2D eigenvalue weighted by molar-refractivity contribution is -0.122. The second-order valence-corrected chi connectivity index (χ2v) is 6.67. The molecule has 4 heteroatoms. The summed E-state index contributed by atoms with van der Waals surface area (Å²) in [6.45, 7) is 4.23. The number of aliphatic hydroxyl groups excluding tert-OH is 1.